The molecule has 0 saturated carbocycles. The molecule has 5 N–H and O–H groups in total. The van der Waals surface area contributed by atoms with E-state index in [1.54, 1.807) is 0 Å². The van der Waals surface area contributed by atoms with Crippen LogP contribution in [0.4, 0.5) is 0 Å². The Hall–Kier alpha value is -0.200. The van der Waals surface area contributed by atoms with Gasteiger partial charge in [0.05, 0.1) is 0 Å². The molecule has 1 aliphatic rings. The maximum atomic E-state index is 4.79. The van der Waals surface area contributed by atoms with Crippen LogP contribution in [0.5, 0.6) is 0 Å². The highest BCUT2D eigenvalue weighted by Crippen LogP contribution is 1.88. The van der Waals surface area contributed by atoms with Gasteiger partial charge in [0.25, 0.3) is 0 Å². The van der Waals surface area contributed by atoms with Crippen molar-refractivity contribution < 1.29 is 4.84 Å². The third-order valence-electron chi connectivity index (χ3n) is 0.450. The summed E-state index contributed by atoms with van der Waals surface area (Å²) in [6.07, 6.45) is -0.0880. The molecule has 0 aromatic carbocycles. The minimum atomic E-state index is -0.0880. The third kappa shape index (κ3) is 0.886. The van der Waals surface area contributed by atoms with Crippen molar-refractivity contribution >= 4 is 0 Å². The lowest BCUT2D eigenvalue weighted by Crippen LogP contribution is -2.40. The van der Waals surface area contributed by atoms with E-state index in [9.17, 15) is 0 Å². The second-order valence-corrected chi connectivity index (χ2v) is 0.904. The zero-order valence-corrected chi connectivity index (χ0v) is 3.06. The van der Waals surface area contributed by atoms with Crippen LogP contribution in [0.1, 0.15) is 0 Å². The summed E-state index contributed by atoms with van der Waals surface area (Å²) in [6.45, 7) is 0. The van der Waals surface area contributed by atoms with Crippen molar-refractivity contribution in [1.82, 2.24) is 16.4 Å². The first-order valence-electron chi connectivity index (χ1n) is 1.56. The Morgan fingerprint density at radius 2 is 2.50 bits per heavy atom. The molecule has 36 valence electrons. The number of nitrogens with two attached hydrogens (primary N) is 1. The van der Waals surface area contributed by atoms with E-state index < -0.39 is 0 Å². The van der Waals surface area contributed by atoms with E-state index in [0.29, 0.717) is 0 Å². The van der Waals surface area contributed by atoms with Crippen LogP contribution in [0.25, 0.3) is 0 Å². The summed E-state index contributed by atoms with van der Waals surface area (Å²) in [6, 6.07) is 0. The van der Waals surface area contributed by atoms with Crippen molar-refractivity contribution in [2.75, 3.05) is 0 Å². The average molecular weight is 90.1 g/mol. The van der Waals surface area contributed by atoms with E-state index in [1.807, 2.05) is 0 Å². The molecule has 5 nitrogen and oxygen atoms in total. The maximum absolute atomic E-state index is 4.79. The molecule has 1 heterocycles. The fraction of sp³-hybridized carbons (Fsp3) is 1.00. The van der Waals surface area contributed by atoms with Crippen LogP contribution in [0.3, 0.4) is 0 Å². The molecule has 1 rings (SSSR count). The molecule has 1 aliphatic heterocycles. The number of rotatable bonds is 2. The zero-order chi connectivity index (χ0) is 4.41. The van der Waals surface area contributed by atoms with Gasteiger partial charge in [-0.1, -0.05) is 0 Å². The van der Waals surface area contributed by atoms with Gasteiger partial charge in [0, 0.05) is 0 Å². The summed E-state index contributed by atoms with van der Waals surface area (Å²) < 4.78 is 0. The first-order chi connectivity index (χ1) is 2.93. The van der Waals surface area contributed by atoms with Gasteiger partial charge in [-0.05, 0) is 0 Å². The molecule has 1 unspecified atom stereocenters. The number of hydrazine groups is 2. The van der Waals surface area contributed by atoms with Crippen LogP contribution in [0.2, 0.25) is 0 Å². The van der Waals surface area contributed by atoms with Crippen molar-refractivity contribution in [2.24, 2.45) is 5.84 Å². The van der Waals surface area contributed by atoms with Crippen LogP contribution in [-0.4, -0.2) is 6.35 Å². The smallest absolute Gasteiger partial charge is 0.218 e. The summed E-state index contributed by atoms with van der Waals surface area (Å²) >= 11 is 0. The van der Waals surface area contributed by atoms with Crippen LogP contribution >= 0.6 is 0 Å². The normalized spacial score (nSPS) is 30.5. The van der Waals surface area contributed by atoms with E-state index in [4.69, 9.17) is 5.84 Å². The van der Waals surface area contributed by atoms with Gasteiger partial charge in [-0.25, -0.2) is 5.43 Å². The number of hydrogen-bond donors (Lipinski definition) is 4. The molecule has 0 bridgehead atoms. The Kier molecular flexibility index (Phi) is 0.992. The molecular weight excluding hydrogens is 84.0 g/mol. The summed E-state index contributed by atoms with van der Waals surface area (Å²) in [5, 5.41) is 0. The minimum absolute atomic E-state index is 0.0880. The van der Waals surface area contributed by atoms with Gasteiger partial charge in [-0.2, -0.15) is 11.0 Å². The Morgan fingerprint density at radius 3 is 2.67 bits per heavy atom. The molecule has 0 aromatic heterocycles. The first kappa shape index (κ1) is 3.97. The Labute approximate surface area is 34.7 Å². The highest BCUT2D eigenvalue weighted by Gasteiger charge is 2.19. The third-order valence-corrected chi connectivity index (χ3v) is 0.450. The molecular formula is CH6N4O. The predicted octanol–water partition coefficient (Wildman–Crippen LogP) is -2.23. The van der Waals surface area contributed by atoms with Crippen molar-refractivity contribution in [3.8, 4) is 0 Å². The van der Waals surface area contributed by atoms with E-state index in [1.165, 1.54) is 0 Å². The Bertz CT molecular complexity index is 42.8. The van der Waals surface area contributed by atoms with E-state index >= 15 is 0 Å². The molecule has 1 fully saturated rings. The highest BCUT2D eigenvalue weighted by molar-refractivity contribution is 4.45. The Morgan fingerprint density at radius 1 is 1.83 bits per heavy atom. The lowest BCUT2D eigenvalue weighted by Gasteiger charge is -1.88. The second kappa shape index (κ2) is 1.50. The van der Waals surface area contributed by atoms with Gasteiger partial charge < -0.3 is 0 Å². The van der Waals surface area contributed by atoms with Gasteiger partial charge in [-0.3, -0.25) is 10.7 Å². The molecule has 0 aliphatic carbocycles. The molecule has 1 saturated heterocycles. The van der Waals surface area contributed by atoms with E-state index in [-0.39, 0.29) is 6.35 Å². The fourth-order valence-electron chi connectivity index (χ4n) is 0.169. The molecule has 1 atom stereocenters. The first-order valence-corrected chi connectivity index (χ1v) is 1.56. The maximum Gasteiger partial charge on any atom is 0.218 e. The number of hydrogen-bond acceptors (Lipinski definition) is 5. The number of hydroxylamine groups is 1. The van der Waals surface area contributed by atoms with Gasteiger partial charge >= 0.3 is 0 Å². The summed E-state index contributed by atoms with van der Waals surface area (Å²) in [5.41, 5.74) is 7.19. The van der Waals surface area contributed by atoms with E-state index in [0.717, 1.165) is 0 Å². The molecule has 0 aromatic rings. The van der Waals surface area contributed by atoms with Crippen molar-refractivity contribution in [1.29, 1.82) is 0 Å². The molecule has 0 radical (unpaired) electrons. The van der Waals surface area contributed by atoms with Crippen LogP contribution in [-0.2, 0) is 4.84 Å². The van der Waals surface area contributed by atoms with Gasteiger partial charge in [-0.15, -0.1) is 0 Å². The van der Waals surface area contributed by atoms with Crippen LogP contribution < -0.4 is 22.3 Å². The summed E-state index contributed by atoms with van der Waals surface area (Å²) in [4.78, 5) is 4.45. The number of nitrogens with one attached hydrogen (secondary N) is 3. The largest absolute Gasteiger partial charge is 0.259 e. The summed E-state index contributed by atoms with van der Waals surface area (Å²) in [7, 11) is 0. The van der Waals surface area contributed by atoms with Crippen LogP contribution in [0, 0.1) is 0 Å². The lowest BCUT2D eigenvalue weighted by atomic mass is 11.2. The molecule has 6 heavy (non-hydrogen) atoms. The van der Waals surface area contributed by atoms with Gasteiger partial charge in [0.15, 0.2) is 0 Å². The average Bonchev–Trinajstić information content (AvgIpc) is 2.21. The second-order valence-electron chi connectivity index (χ2n) is 0.904. The van der Waals surface area contributed by atoms with Crippen molar-refractivity contribution in [3.05, 3.63) is 0 Å². The standard InChI is InChI=1S/CH6N4O/c2-5-3-1-4-6-1/h1,3-5H,2H2. The highest BCUT2D eigenvalue weighted by atomic mass is 16.8. The SMILES string of the molecule is NNNC1NO1. The van der Waals surface area contributed by atoms with Crippen molar-refractivity contribution in [3.63, 3.8) is 0 Å². The topological polar surface area (TPSA) is 84.5 Å². The predicted molar refractivity (Wildman–Crippen MR) is 18.5 cm³/mol. The monoisotopic (exact) mass is 90.1 g/mol. The van der Waals surface area contributed by atoms with Gasteiger partial charge in [0.2, 0.25) is 6.35 Å². The fourth-order valence-corrected chi connectivity index (χ4v) is 0.169. The van der Waals surface area contributed by atoms with E-state index in [2.05, 4.69) is 21.3 Å². The summed E-state index contributed by atoms with van der Waals surface area (Å²) in [5.74, 6) is 4.79. The molecule has 0 spiro atoms. The minimum Gasteiger partial charge on any atom is -0.259 e. The quantitative estimate of drug-likeness (QED) is 0.175. The zero-order valence-electron chi connectivity index (χ0n) is 3.06. The molecule has 5 heteroatoms. The van der Waals surface area contributed by atoms with Gasteiger partial charge in [0.1, 0.15) is 0 Å². The molecule has 0 amide bonds. The van der Waals surface area contributed by atoms with Crippen molar-refractivity contribution in [2.45, 2.75) is 6.35 Å². The Balaban J connectivity index is 1.88. The lowest BCUT2D eigenvalue weighted by molar-refractivity contribution is 0.324. The van der Waals surface area contributed by atoms with Crippen LogP contribution in [0.15, 0.2) is 0 Å².